The predicted octanol–water partition coefficient (Wildman–Crippen LogP) is 1.30. The number of carboxylic acid groups (broad SMARTS) is 1. The second kappa shape index (κ2) is 7.71. The first-order chi connectivity index (χ1) is 8.61. The van der Waals surface area contributed by atoms with E-state index in [-0.39, 0.29) is 12.2 Å². The highest BCUT2D eigenvalue weighted by Gasteiger charge is 2.04. The van der Waals surface area contributed by atoms with Crippen LogP contribution in [0, 0.1) is 0 Å². The molecule has 0 radical (unpaired) electrons. The number of carboxylic acids is 1. The number of hydrogen-bond acceptors (Lipinski definition) is 4. The molecule has 0 amide bonds. The van der Waals surface area contributed by atoms with Crippen LogP contribution in [0.4, 0.5) is 0 Å². The molecule has 0 aliphatic rings. The smallest absolute Gasteiger partial charge is 0.304 e. The van der Waals surface area contributed by atoms with Crippen molar-refractivity contribution < 1.29 is 23.6 Å². The molecule has 18 heavy (non-hydrogen) atoms. The maximum absolute atomic E-state index is 11.4. The number of carbonyl (C=O) groups is 1. The molecule has 0 heterocycles. The highest BCUT2D eigenvalue weighted by Crippen LogP contribution is 2.16. The van der Waals surface area contributed by atoms with Gasteiger partial charge in [0, 0.05) is 16.6 Å². The summed E-state index contributed by atoms with van der Waals surface area (Å²) in [4.78, 5) is 10.3. The average Bonchev–Trinajstić information content (AvgIpc) is 2.37. The molecule has 0 aliphatic carbocycles. The molecule has 0 spiro atoms. The van der Waals surface area contributed by atoms with E-state index < -0.39 is 16.8 Å². The zero-order valence-electron chi connectivity index (χ0n) is 10.1. The van der Waals surface area contributed by atoms with Gasteiger partial charge in [-0.25, -0.2) is 0 Å². The van der Waals surface area contributed by atoms with Crippen molar-refractivity contribution in [2.75, 3.05) is 25.2 Å². The molecule has 1 unspecified atom stereocenters. The van der Waals surface area contributed by atoms with E-state index in [1.54, 1.807) is 31.4 Å². The molecule has 1 rings (SSSR count). The molecular weight excluding hydrogens is 256 g/mol. The van der Waals surface area contributed by atoms with Crippen molar-refractivity contribution in [1.29, 1.82) is 0 Å². The van der Waals surface area contributed by atoms with Gasteiger partial charge in [-0.3, -0.25) is 9.00 Å². The SMILES string of the molecule is COc1ccc(OCCS(=O)CCC(=O)O)cc1. The van der Waals surface area contributed by atoms with Crippen LogP contribution in [0.2, 0.25) is 0 Å². The van der Waals surface area contributed by atoms with Gasteiger partial charge >= 0.3 is 5.97 Å². The van der Waals surface area contributed by atoms with Gasteiger partial charge in [-0.1, -0.05) is 0 Å². The summed E-state index contributed by atoms with van der Waals surface area (Å²) in [5.41, 5.74) is 0. The van der Waals surface area contributed by atoms with Crippen molar-refractivity contribution in [1.82, 2.24) is 0 Å². The van der Waals surface area contributed by atoms with Crippen LogP contribution in [0.25, 0.3) is 0 Å². The summed E-state index contributed by atoms with van der Waals surface area (Å²) in [7, 11) is 0.434. The van der Waals surface area contributed by atoms with Gasteiger partial charge in [-0.05, 0) is 24.3 Å². The fourth-order valence-corrected chi connectivity index (χ4v) is 2.10. The van der Waals surface area contributed by atoms with Gasteiger partial charge in [0.1, 0.15) is 11.5 Å². The van der Waals surface area contributed by atoms with Gasteiger partial charge in [-0.2, -0.15) is 0 Å². The van der Waals surface area contributed by atoms with E-state index in [0.29, 0.717) is 18.1 Å². The largest absolute Gasteiger partial charge is 0.497 e. The van der Waals surface area contributed by atoms with Gasteiger partial charge in [0.2, 0.25) is 0 Å². The normalized spacial score (nSPS) is 11.8. The van der Waals surface area contributed by atoms with Crippen molar-refractivity contribution in [3.05, 3.63) is 24.3 Å². The van der Waals surface area contributed by atoms with Gasteiger partial charge < -0.3 is 14.6 Å². The zero-order valence-corrected chi connectivity index (χ0v) is 10.9. The van der Waals surface area contributed by atoms with Crippen molar-refractivity contribution >= 4 is 16.8 Å². The summed E-state index contributed by atoms with van der Waals surface area (Å²) in [6.45, 7) is 0.304. The molecule has 100 valence electrons. The van der Waals surface area contributed by atoms with Crippen LogP contribution in [-0.4, -0.2) is 40.5 Å². The van der Waals surface area contributed by atoms with Gasteiger partial charge in [0.15, 0.2) is 0 Å². The number of rotatable bonds is 8. The Kier molecular flexibility index (Phi) is 6.21. The molecule has 5 nitrogen and oxygen atoms in total. The Hall–Kier alpha value is -1.56. The lowest BCUT2D eigenvalue weighted by Gasteiger charge is -2.06. The molecule has 0 aliphatic heterocycles. The van der Waals surface area contributed by atoms with Crippen molar-refractivity contribution in [3.8, 4) is 11.5 Å². The standard InChI is InChI=1S/C12H16O5S/c1-16-10-2-4-11(5-3-10)17-7-9-18(15)8-6-12(13)14/h2-5H,6-9H2,1H3,(H,13,14). The number of aliphatic carboxylic acids is 1. The molecule has 1 N–H and O–H groups in total. The van der Waals surface area contributed by atoms with Crippen molar-refractivity contribution in [2.24, 2.45) is 0 Å². The second-order valence-corrected chi connectivity index (χ2v) is 5.21. The van der Waals surface area contributed by atoms with Crippen LogP contribution in [0.1, 0.15) is 6.42 Å². The Morgan fingerprint density at radius 2 is 1.83 bits per heavy atom. The Morgan fingerprint density at radius 3 is 2.39 bits per heavy atom. The van der Waals surface area contributed by atoms with Gasteiger partial charge in [0.25, 0.3) is 0 Å². The first kappa shape index (κ1) is 14.5. The maximum Gasteiger partial charge on any atom is 0.304 e. The summed E-state index contributed by atoms with van der Waals surface area (Å²) in [5.74, 6) is 0.985. The summed E-state index contributed by atoms with van der Waals surface area (Å²) >= 11 is 0. The third kappa shape index (κ3) is 5.67. The van der Waals surface area contributed by atoms with E-state index >= 15 is 0 Å². The lowest BCUT2D eigenvalue weighted by atomic mass is 10.3. The lowest BCUT2D eigenvalue weighted by Crippen LogP contribution is -2.13. The minimum absolute atomic E-state index is 0.0743. The van der Waals surface area contributed by atoms with E-state index in [9.17, 15) is 9.00 Å². The van der Waals surface area contributed by atoms with E-state index in [4.69, 9.17) is 14.6 Å². The lowest BCUT2D eigenvalue weighted by molar-refractivity contribution is -0.136. The average molecular weight is 272 g/mol. The van der Waals surface area contributed by atoms with E-state index in [1.807, 2.05) is 0 Å². The van der Waals surface area contributed by atoms with E-state index in [1.165, 1.54) is 0 Å². The molecule has 0 aromatic heterocycles. The van der Waals surface area contributed by atoms with E-state index in [0.717, 1.165) is 5.75 Å². The molecule has 6 heteroatoms. The molecule has 0 saturated carbocycles. The molecule has 0 saturated heterocycles. The molecule has 0 bridgehead atoms. The highest BCUT2D eigenvalue weighted by molar-refractivity contribution is 7.85. The number of hydrogen-bond donors (Lipinski definition) is 1. The number of ether oxygens (including phenoxy) is 2. The molecule has 1 aromatic carbocycles. The zero-order chi connectivity index (χ0) is 13.4. The minimum Gasteiger partial charge on any atom is -0.497 e. The molecule has 1 atom stereocenters. The summed E-state index contributed by atoms with van der Waals surface area (Å²) < 4.78 is 21.8. The molecule has 1 aromatic rings. The number of benzene rings is 1. The third-order valence-corrected chi connectivity index (χ3v) is 3.46. The molecular formula is C12H16O5S. The topological polar surface area (TPSA) is 72.8 Å². The monoisotopic (exact) mass is 272 g/mol. The first-order valence-electron chi connectivity index (χ1n) is 5.45. The van der Waals surface area contributed by atoms with Crippen LogP contribution < -0.4 is 9.47 Å². The Morgan fingerprint density at radius 1 is 1.22 bits per heavy atom. The Balaban J connectivity index is 2.24. The van der Waals surface area contributed by atoms with Crippen molar-refractivity contribution in [3.63, 3.8) is 0 Å². The Bertz CT molecular complexity index is 401. The first-order valence-corrected chi connectivity index (χ1v) is 6.94. The maximum atomic E-state index is 11.4. The fourth-order valence-electron chi connectivity index (χ4n) is 1.23. The fraction of sp³-hybridized carbons (Fsp3) is 0.417. The summed E-state index contributed by atoms with van der Waals surface area (Å²) in [5, 5.41) is 8.44. The Labute approximate surface area is 108 Å². The highest BCUT2D eigenvalue weighted by atomic mass is 32.2. The van der Waals surface area contributed by atoms with Gasteiger partial charge in [0.05, 0.1) is 25.9 Å². The third-order valence-electron chi connectivity index (χ3n) is 2.18. The second-order valence-electron chi connectivity index (χ2n) is 3.52. The van der Waals surface area contributed by atoms with Crippen LogP contribution in [0.3, 0.4) is 0 Å². The van der Waals surface area contributed by atoms with Crippen LogP contribution in [-0.2, 0) is 15.6 Å². The van der Waals surface area contributed by atoms with Crippen LogP contribution in [0.5, 0.6) is 11.5 Å². The molecule has 0 fully saturated rings. The van der Waals surface area contributed by atoms with Crippen LogP contribution in [0.15, 0.2) is 24.3 Å². The van der Waals surface area contributed by atoms with E-state index in [2.05, 4.69) is 0 Å². The van der Waals surface area contributed by atoms with Crippen LogP contribution >= 0.6 is 0 Å². The predicted molar refractivity (Wildman–Crippen MR) is 68.6 cm³/mol. The van der Waals surface area contributed by atoms with Crippen molar-refractivity contribution in [2.45, 2.75) is 6.42 Å². The summed E-state index contributed by atoms with van der Waals surface area (Å²) in [6, 6.07) is 7.07. The minimum atomic E-state index is -1.15. The summed E-state index contributed by atoms with van der Waals surface area (Å²) in [6.07, 6.45) is -0.0743. The number of methoxy groups -OCH3 is 1. The quantitative estimate of drug-likeness (QED) is 0.772. The van der Waals surface area contributed by atoms with Gasteiger partial charge in [-0.15, -0.1) is 0 Å².